The van der Waals surface area contributed by atoms with Crippen molar-refractivity contribution >= 4 is 0 Å². The van der Waals surface area contributed by atoms with Crippen molar-refractivity contribution in [2.45, 2.75) is 25.6 Å². The monoisotopic (exact) mass is 182 g/mol. The first-order chi connectivity index (χ1) is 6.29. The van der Waals surface area contributed by atoms with E-state index >= 15 is 0 Å². The average molecular weight is 182 g/mol. The van der Waals surface area contributed by atoms with Crippen molar-refractivity contribution in [2.75, 3.05) is 6.61 Å². The van der Waals surface area contributed by atoms with Crippen LogP contribution < -0.4 is 0 Å². The van der Waals surface area contributed by atoms with Gasteiger partial charge in [-0.25, -0.2) is 0 Å². The lowest BCUT2D eigenvalue weighted by atomic mass is 9.94. The third-order valence-corrected chi connectivity index (χ3v) is 2.68. The first-order valence-electron chi connectivity index (χ1n) is 4.62. The van der Waals surface area contributed by atoms with Crippen molar-refractivity contribution in [1.29, 1.82) is 0 Å². The molecule has 1 fully saturated rings. The first-order valence-corrected chi connectivity index (χ1v) is 4.62. The Morgan fingerprint density at radius 1 is 1.62 bits per heavy atom. The molecule has 1 aliphatic rings. The summed E-state index contributed by atoms with van der Waals surface area (Å²) in [7, 11) is 0. The second-order valence-corrected chi connectivity index (χ2v) is 3.49. The third-order valence-electron chi connectivity index (χ3n) is 2.68. The molecular formula is C10H14O3. The van der Waals surface area contributed by atoms with Gasteiger partial charge in [0.05, 0.1) is 12.4 Å². The molecule has 1 aliphatic heterocycles. The predicted molar refractivity (Wildman–Crippen MR) is 47.2 cm³/mol. The SMILES string of the molecule is CC1OCCC1C(O)c1ccco1. The van der Waals surface area contributed by atoms with Crippen LogP contribution in [0.1, 0.15) is 25.2 Å². The van der Waals surface area contributed by atoms with E-state index in [1.807, 2.05) is 6.92 Å². The summed E-state index contributed by atoms with van der Waals surface area (Å²) in [5.41, 5.74) is 0. The molecule has 0 radical (unpaired) electrons. The smallest absolute Gasteiger partial charge is 0.132 e. The van der Waals surface area contributed by atoms with Gasteiger partial charge in [0.25, 0.3) is 0 Å². The minimum atomic E-state index is -0.521. The Labute approximate surface area is 77.3 Å². The molecule has 1 N–H and O–H groups in total. The van der Waals surface area contributed by atoms with Crippen LogP contribution in [0.4, 0.5) is 0 Å². The number of rotatable bonds is 2. The highest BCUT2D eigenvalue weighted by atomic mass is 16.5. The summed E-state index contributed by atoms with van der Waals surface area (Å²) in [6, 6.07) is 3.59. The van der Waals surface area contributed by atoms with Crippen molar-refractivity contribution < 1.29 is 14.3 Å². The van der Waals surface area contributed by atoms with Gasteiger partial charge in [0.2, 0.25) is 0 Å². The van der Waals surface area contributed by atoms with Crippen LogP contribution in [0.15, 0.2) is 22.8 Å². The lowest BCUT2D eigenvalue weighted by Crippen LogP contribution is -2.19. The summed E-state index contributed by atoms with van der Waals surface area (Å²) in [5, 5.41) is 9.91. The summed E-state index contributed by atoms with van der Waals surface area (Å²) in [4.78, 5) is 0. The maximum absolute atomic E-state index is 9.91. The van der Waals surface area contributed by atoms with E-state index in [1.165, 1.54) is 0 Å². The number of aliphatic hydroxyl groups is 1. The van der Waals surface area contributed by atoms with Gasteiger partial charge >= 0.3 is 0 Å². The van der Waals surface area contributed by atoms with Crippen LogP contribution in [0.25, 0.3) is 0 Å². The van der Waals surface area contributed by atoms with E-state index in [0.29, 0.717) is 5.76 Å². The molecular weight excluding hydrogens is 168 g/mol. The van der Waals surface area contributed by atoms with Gasteiger partial charge in [-0.1, -0.05) is 0 Å². The second-order valence-electron chi connectivity index (χ2n) is 3.49. The summed E-state index contributed by atoms with van der Waals surface area (Å²) in [5.74, 6) is 0.813. The summed E-state index contributed by atoms with van der Waals surface area (Å²) in [6.07, 6.45) is 2.09. The molecule has 3 nitrogen and oxygen atoms in total. The molecule has 2 heterocycles. The van der Waals surface area contributed by atoms with E-state index in [1.54, 1.807) is 18.4 Å². The molecule has 3 heteroatoms. The highest BCUT2D eigenvalue weighted by molar-refractivity contribution is 5.04. The molecule has 0 spiro atoms. The largest absolute Gasteiger partial charge is 0.467 e. The normalized spacial score (nSPS) is 30.6. The maximum atomic E-state index is 9.91. The quantitative estimate of drug-likeness (QED) is 0.757. The molecule has 3 atom stereocenters. The van der Waals surface area contributed by atoms with Crippen molar-refractivity contribution in [3.05, 3.63) is 24.2 Å². The van der Waals surface area contributed by atoms with E-state index in [4.69, 9.17) is 9.15 Å². The highest BCUT2D eigenvalue weighted by Gasteiger charge is 2.32. The Hall–Kier alpha value is -0.800. The zero-order chi connectivity index (χ0) is 9.26. The summed E-state index contributed by atoms with van der Waals surface area (Å²) >= 11 is 0. The van der Waals surface area contributed by atoms with Crippen LogP contribution in [-0.4, -0.2) is 17.8 Å². The number of hydrogen-bond donors (Lipinski definition) is 1. The molecule has 0 amide bonds. The average Bonchev–Trinajstić information content (AvgIpc) is 2.72. The molecule has 13 heavy (non-hydrogen) atoms. The fourth-order valence-corrected chi connectivity index (χ4v) is 1.83. The molecule has 1 aromatic rings. The molecule has 0 aliphatic carbocycles. The van der Waals surface area contributed by atoms with Gasteiger partial charge in [0, 0.05) is 12.5 Å². The fraction of sp³-hybridized carbons (Fsp3) is 0.600. The molecule has 1 saturated heterocycles. The van der Waals surface area contributed by atoms with Crippen LogP contribution in [0, 0.1) is 5.92 Å². The van der Waals surface area contributed by atoms with Gasteiger partial charge in [-0.3, -0.25) is 0 Å². The standard InChI is InChI=1S/C10H14O3/c1-7-8(4-6-12-7)10(11)9-3-2-5-13-9/h2-3,5,7-8,10-11H,4,6H2,1H3. The molecule has 72 valence electrons. The molecule has 0 aromatic carbocycles. The van der Waals surface area contributed by atoms with Crippen molar-refractivity contribution in [3.63, 3.8) is 0 Å². The van der Waals surface area contributed by atoms with Crippen molar-refractivity contribution in [3.8, 4) is 0 Å². The lowest BCUT2D eigenvalue weighted by molar-refractivity contribution is 0.0321. The van der Waals surface area contributed by atoms with Crippen LogP contribution >= 0.6 is 0 Å². The van der Waals surface area contributed by atoms with Gasteiger partial charge in [-0.2, -0.15) is 0 Å². The van der Waals surface area contributed by atoms with E-state index in [2.05, 4.69) is 0 Å². The Morgan fingerprint density at radius 3 is 3.00 bits per heavy atom. The van der Waals surface area contributed by atoms with Crippen LogP contribution in [0.2, 0.25) is 0 Å². The Kier molecular flexibility index (Phi) is 2.38. The molecule has 2 rings (SSSR count). The minimum Gasteiger partial charge on any atom is -0.467 e. The Balaban J connectivity index is 2.08. The number of hydrogen-bond acceptors (Lipinski definition) is 3. The summed E-state index contributed by atoms with van der Waals surface area (Å²) < 4.78 is 10.5. The molecule has 3 unspecified atom stereocenters. The van der Waals surface area contributed by atoms with Crippen molar-refractivity contribution in [2.24, 2.45) is 5.92 Å². The van der Waals surface area contributed by atoms with E-state index in [0.717, 1.165) is 13.0 Å². The van der Waals surface area contributed by atoms with Crippen LogP contribution in [0.3, 0.4) is 0 Å². The predicted octanol–water partition coefficient (Wildman–Crippen LogP) is 1.74. The van der Waals surface area contributed by atoms with Gasteiger partial charge in [-0.05, 0) is 25.5 Å². The number of ether oxygens (including phenoxy) is 1. The summed E-state index contributed by atoms with van der Waals surface area (Å²) in [6.45, 7) is 2.73. The van der Waals surface area contributed by atoms with E-state index < -0.39 is 6.10 Å². The van der Waals surface area contributed by atoms with Gasteiger partial charge in [0.15, 0.2) is 0 Å². The minimum absolute atomic E-state index is 0.125. The second kappa shape index (κ2) is 3.52. The van der Waals surface area contributed by atoms with Crippen molar-refractivity contribution in [1.82, 2.24) is 0 Å². The topological polar surface area (TPSA) is 42.6 Å². The molecule has 1 aromatic heterocycles. The van der Waals surface area contributed by atoms with Gasteiger partial charge in [-0.15, -0.1) is 0 Å². The van der Waals surface area contributed by atoms with Gasteiger partial charge in [0.1, 0.15) is 11.9 Å². The fourth-order valence-electron chi connectivity index (χ4n) is 1.83. The Bertz CT molecular complexity index is 255. The molecule has 0 bridgehead atoms. The zero-order valence-electron chi connectivity index (χ0n) is 7.64. The van der Waals surface area contributed by atoms with Crippen LogP contribution in [-0.2, 0) is 4.74 Å². The Morgan fingerprint density at radius 2 is 2.46 bits per heavy atom. The van der Waals surface area contributed by atoms with Crippen LogP contribution in [0.5, 0.6) is 0 Å². The van der Waals surface area contributed by atoms with Gasteiger partial charge < -0.3 is 14.3 Å². The molecule has 0 saturated carbocycles. The van der Waals surface area contributed by atoms with E-state index in [9.17, 15) is 5.11 Å². The lowest BCUT2D eigenvalue weighted by Gasteiger charge is -2.18. The zero-order valence-corrected chi connectivity index (χ0v) is 7.64. The number of aliphatic hydroxyl groups excluding tert-OH is 1. The van der Waals surface area contributed by atoms with E-state index in [-0.39, 0.29) is 12.0 Å². The third kappa shape index (κ3) is 1.62. The highest BCUT2D eigenvalue weighted by Crippen LogP contribution is 2.33. The maximum Gasteiger partial charge on any atom is 0.132 e. The number of furan rings is 1. The first kappa shape index (κ1) is 8.78.